The minimum Gasteiger partial charge on any atom is -0.497 e. The normalized spacial score (nSPS) is 10.8. The Balaban J connectivity index is 0.000000267. The number of carbonyl (C=O) groups excluding carboxylic acids is 3. The zero-order chi connectivity index (χ0) is 72.3. The van der Waals surface area contributed by atoms with E-state index in [4.69, 9.17) is 50.5 Å². The van der Waals surface area contributed by atoms with Crippen molar-refractivity contribution >= 4 is 91.4 Å². The first kappa shape index (κ1) is 82.2. The Morgan fingerprint density at radius 1 is 0.439 bits per heavy atom. The Morgan fingerprint density at radius 2 is 0.724 bits per heavy atom. The topological polar surface area (TPSA) is 303 Å². The molecule has 31 heteroatoms. The molecule has 6 N–H and O–H groups in total. The van der Waals surface area contributed by atoms with E-state index in [1.165, 1.54) is 60.8 Å². The van der Waals surface area contributed by atoms with Crippen LogP contribution in [0.4, 0.5) is 29.8 Å². The quantitative estimate of drug-likeness (QED) is 0.0248. The summed E-state index contributed by atoms with van der Waals surface area (Å²) in [5.41, 5.74) is 8.32. The van der Waals surface area contributed by atoms with E-state index in [9.17, 15) is 14.4 Å². The summed E-state index contributed by atoms with van der Waals surface area (Å²) >= 11 is 10.9. The van der Waals surface area contributed by atoms with E-state index in [1.807, 2.05) is 160 Å². The third kappa shape index (κ3) is 34.3. The second kappa shape index (κ2) is 42.5. The fourth-order valence-corrected chi connectivity index (χ4v) is 10.3. The predicted octanol–water partition coefficient (Wildman–Crippen LogP) is 12.2. The van der Waals surface area contributed by atoms with Gasteiger partial charge in [-0.1, -0.05) is 48.5 Å². The van der Waals surface area contributed by atoms with Crippen LogP contribution >= 0.6 is 57.7 Å². The zero-order valence-corrected chi connectivity index (χ0v) is 63.3. The summed E-state index contributed by atoms with van der Waals surface area (Å²) in [6.07, 6.45) is 1.70. The SMILES string of the molecule is CN(CCN)C(=O)OC(C)(C)C.CNCCNc1nc(Cc2cccc(OC)c2)ns1.COc1cccc(Cc2nsc(Cl)n2)c1.COc1cccc(Cc2nsc(NCCN(C)C(=O)OC(C)(C)C)n2)c1.COc1cccc(Cc2nsc(NCCN(C)C(=O)OC(C)(C)C)n2)c1. The summed E-state index contributed by atoms with van der Waals surface area (Å²) in [5, 5.41) is 15.0. The molecule has 536 valence electrons. The Kier molecular flexibility index (Phi) is 35.7. The number of anilines is 3. The highest BCUT2D eigenvalue weighted by molar-refractivity contribution is 7.10. The molecule has 4 aromatic heterocycles. The molecule has 0 unspecified atom stereocenters. The van der Waals surface area contributed by atoms with Crippen LogP contribution in [-0.2, 0) is 39.9 Å². The maximum Gasteiger partial charge on any atom is 0.410 e. The number of aromatic nitrogens is 8. The summed E-state index contributed by atoms with van der Waals surface area (Å²) in [6.45, 7) is 21.5. The number of hydrogen-bond donors (Lipinski definition) is 5. The summed E-state index contributed by atoms with van der Waals surface area (Å²) in [5.74, 6) is 6.44. The number of carbonyl (C=O) groups is 3. The molecule has 0 fully saturated rings. The molecule has 0 saturated carbocycles. The lowest BCUT2D eigenvalue weighted by atomic mass is 10.1. The van der Waals surface area contributed by atoms with Crippen molar-refractivity contribution in [2.24, 2.45) is 5.73 Å². The molecule has 0 bridgehead atoms. The van der Waals surface area contributed by atoms with E-state index in [0.717, 1.165) is 103 Å². The standard InChI is InChI=1S/2C18H26N4O3S.C13H18N4OS.C10H9ClN2OS.C8H18N2O2/c2*1-18(2,3)25-17(23)22(4)10-9-19-16-20-15(21-26-16)12-13-7-6-8-14(11-13)24-5;1-14-6-7-15-13-16-12(17-19-13)9-10-4-3-5-11(8-10)18-2;1-14-8-4-2-3-7(5-8)6-9-12-10(11)15-13-9;1-8(2,3)12-7(11)10(4)6-5-9/h2*6-8,11H,9-10,12H2,1-5H3,(H,19,20,21);3-5,8,14H,6-7,9H2,1-2H3,(H,15,16,17);2-5H,6H2,1H3;5-6,9H2,1-4H3. The molecule has 0 atom stereocenters. The minimum absolute atomic E-state index is 0.326. The minimum atomic E-state index is -0.493. The Labute approximate surface area is 598 Å². The number of likely N-dealkylation sites (N-methyl/N-ethyl adjacent to an activating group) is 4. The highest BCUT2D eigenvalue weighted by atomic mass is 35.5. The number of methoxy groups -OCH3 is 4. The molecule has 8 aromatic rings. The van der Waals surface area contributed by atoms with Crippen molar-refractivity contribution in [2.75, 3.05) is 125 Å². The van der Waals surface area contributed by atoms with Gasteiger partial charge in [0.15, 0.2) is 0 Å². The first-order valence-corrected chi connectivity index (χ1v) is 34.8. The highest BCUT2D eigenvalue weighted by Gasteiger charge is 2.22. The van der Waals surface area contributed by atoms with Gasteiger partial charge in [0.1, 0.15) is 63.1 Å². The maximum absolute atomic E-state index is 11.9. The van der Waals surface area contributed by atoms with E-state index in [0.29, 0.717) is 63.0 Å². The van der Waals surface area contributed by atoms with Crippen LogP contribution in [0.2, 0.25) is 4.47 Å². The van der Waals surface area contributed by atoms with E-state index in [1.54, 1.807) is 49.6 Å². The van der Waals surface area contributed by atoms with Crippen LogP contribution < -0.4 is 45.9 Å². The van der Waals surface area contributed by atoms with Gasteiger partial charge in [-0.2, -0.15) is 17.5 Å². The summed E-state index contributed by atoms with van der Waals surface area (Å²) in [7, 11) is 13.6. The average molecular weight is 1450 g/mol. The number of nitrogens with one attached hydrogen (secondary N) is 4. The van der Waals surface area contributed by atoms with Gasteiger partial charge in [-0.3, -0.25) is 0 Å². The van der Waals surface area contributed by atoms with Crippen molar-refractivity contribution in [3.05, 3.63) is 147 Å². The molecule has 0 aliphatic heterocycles. The van der Waals surface area contributed by atoms with Crippen LogP contribution in [0.5, 0.6) is 23.0 Å². The number of ether oxygens (including phenoxy) is 7. The van der Waals surface area contributed by atoms with Gasteiger partial charge >= 0.3 is 18.3 Å². The van der Waals surface area contributed by atoms with Gasteiger partial charge in [-0.15, -0.1) is 0 Å². The van der Waals surface area contributed by atoms with Crippen LogP contribution in [0.1, 0.15) is 108 Å². The van der Waals surface area contributed by atoms with Gasteiger partial charge in [-0.25, -0.2) is 34.3 Å². The van der Waals surface area contributed by atoms with Gasteiger partial charge in [-0.05, 0) is 163 Å². The lowest BCUT2D eigenvalue weighted by Gasteiger charge is -2.24. The van der Waals surface area contributed by atoms with Crippen molar-refractivity contribution in [3.8, 4) is 23.0 Å². The second-order valence-corrected chi connectivity index (χ2v) is 28.1. The second-order valence-electron chi connectivity index (χ2n) is 24.5. The number of nitrogens with two attached hydrogens (primary N) is 1. The molecule has 0 radical (unpaired) electrons. The van der Waals surface area contributed by atoms with Gasteiger partial charge in [0.05, 0.1) is 28.4 Å². The largest absolute Gasteiger partial charge is 0.497 e. The van der Waals surface area contributed by atoms with Crippen LogP contribution in [-0.4, -0.2) is 196 Å². The summed E-state index contributed by atoms with van der Waals surface area (Å²) in [6, 6.07) is 31.5. The molecule has 0 spiro atoms. The predicted molar refractivity (Wildman–Crippen MR) is 393 cm³/mol. The molecule has 8 rings (SSSR count). The van der Waals surface area contributed by atoms with Crippen molar-refractivity contribution < 1.29 is 47.5 Å². The van der Waals surface area contributed by atoms with Gasteiger partial charge in [0.25, 0.3) is 0 Å². The number of hydrogen-bond acceptors (Lipinski definition) is 27. The average Bonchev–Trinajstić information content (AvgIpc) is 1.76. The van der Waals surface area contributed by atoms with Crippen molar-refractivity contribution in [1.29, 1.82) is 0 Å². The maximum atomic E-state index is 11.9. The smallest absolute Gasteiger partial charge is 0.410 e. The van der Waals surface area contributed by atoms with Crippen molar-refractivity contribution in [3.63, 3.8) is 0 Å². The van der Waals surface area contributed by atoms with E-state index < -0.39 is 16.8 Å². The zero-order valence-electron chi connectivity index (χ0n) is 59.3. The number of rotatable bonds is 26. The molecule has 3 amide bonds. The first-order chi connectivity index (χ1) is 46.5. The van der Waals surface area contributed by atoms with Crippen LogP contribution in [0, 0.1) is 0 Å². The number of benzene rings is 4. The van der Waals surface area contributed by atoms with Gasteiger partial charge < -0.3 is 74.9 Å². The number of amides is 3. The lowest BCUT2D eigenvalue weighted by molar-refractivity contribution is 0.0294. The first-order valence-electron chi connectivity index (χ1n) is 31.4. The van der Waals surface area contributed by atoms with E-state index >= 15 is 0 Å². The molecule has 98 heavy (non-hydrogen) atoms. The molecular formula is C67H97ClN16O10S4. The molecular weight excluding hydrogens is 1350 g/mol. The van der Waals surface area contributed by atoms with Gasteiger partial charge in [0.2, 0.25) is 19.9 Å². The molecule has 0 saturated heterocycles. The van der Waals surface area contributed by atoms with Crippen LogP contribution in [0.3, 0.4) is 0 Å². The molecule has 4 aromatic carbocycles. The van der Waals surface area contributed by atoms with Crippen LogP contribution in [0.15, 0.2) is 97.1 Å². The Morgan fingerprint density at radius 3 is 0.990 bits per heavy atom. The fourth-order valence-electron chi connectivity index (χ4n) is 7.80. The molecule has 4 heterocycles. The fraction of sp³-hybridized carbons (Fsp3) is 0.478. The number of nitrogens with zero attached hydrogens (tertiary/aromatic N) is 11. The Bertz CT molecular complexity index is 3490. The summed E-state index contributed by atoms with van der Waals surface area (Å²) < 4.78 is 54.2. The number of halogens is 1. The summed E-state index contributed by atoms with van der Waals surface area (Å²) in [4.78, 5) is 57.1. The van der Waals surface area contributed by atoms with Gasteiger partial charge in [0, 0.05) is 134 Å². The van der Waals surface area contributed by atoms with E-state index in [2.05, 4.69) is 64.8 Å². The third-order valence-corrected chi connectivity index (χ3v) is 15.5. The Hall–Kier alpha value is -8.26. The molecule has 26 nitrogen and oxygen atoms in total. The lowest BCUT2D eigenvalue weighted by Crippen LogP contribution is -2.36. The van der Waals surface area contributed by atoms with Crippen molar-refractivity contribution in [2.45, 2.75) is 105 Å². The highest BCUT2D eigenvalue weighted by Crippen LogP contribution is 2.23. The van der Waals surface area contributed by atoms with Crippen LogP contribution in [0.25, 0.3) is 0 Å². The third-order valence-electron chi connectivity index (χ3n) is 12.5. The van der Waals surface area contributed by atoms with Crippen molar-refractivity contribution in [1.82, 2.24) is 57.4 Å². The molecule has 0 aliphatic carbocycles. The monoisotopic (exact) mass is 1450 g/mol. The molecule has 0 aliphatic rings. The van der Waals surface area contributed by atoms with E-state index in [-0.39, 0.29) is 18.3 Å².